The molecule has 0 bridgehead atoms. The van der Waals surface area contributed by atoms with E-state index in [2.05, 4.69) is 5.48 Å². The zero-order chi connectivity index (χ0) is 12.1. The number of primary amides is 1. The van der Waals surface area contributed by atoms with Gasteiger partial charge < -0.3 is 5.73 Å². The third kappa shape index (κ3) is 3.54. The quantitative estimate of drug-likeness (QED) is 0.831. The highest BCUT2D eigenvalue weighted by molar-refractivity contribution is 5.92. The molecule has 92 valence electrons. The van der Waals surface area contributed by atoms with E-state index < -0.39 is 0 Å². The van der Waals surface area contributed by atoms with Crippen molar-refractivity contribution in [3.8, 4) is 0 Å². The average molecular weight is 234 g/mol. The molecule has 1 heterocycles. The van der Waals surface area contributed by atoms with Crippen LogP contribution in [0.4, 0.5) is 0 Å². The van der Waals surface area contributed by atoms with Crippen LogP contribution in [0, 0.1) is 0 Å². The highest BCUT2D eigenvalue weighted by Crippen LogP contribution is 2.14. The molecule has 1 saturated heterocycles. The predicted octanol–water partition coefficient (Wildman–Crippen LogP) is 1.40. The lowest BCUT2D eigenvalue weighted by molar-refractivity contribution is -0.0163. The van der Waals surface area contributed by atoms with Gasteiger partial charge in [0.25, 0.3) is 0 Å². The highest BCUT2D eigenvalue weighted by atomic mass is 16.7. The van der Waals surface area contributed by atoms with Crippen LogP contribution in [0.25, 0.3) is 0 Å². The summed E-state index contributed by atoms with van der Waals surface area (Å²) in [5.41, 5.74) is 9.89. The van der Waals surface area contributed by atoms with Gasteiger partial charge in [-0.1, -0.05) is 12.1 Å². The lowest BCUT2D eigenvalue weighted by Gasteiger charge is -2.14. The van der Waals surface area contributed by atoms with Crippen molar-refractivity contribution in [1.29, 1.82) is 0 Å². The fourth-order valence-electron chi connectivity index (χ4n) is 2.02. The van der Waals surface area contributed by atoms with Gasteiger partial charge in [-0.2, -0.15) is 0 Å². The van der Waals surface area contributed by atoms with Crippen molar-refractivity contribution in [1.82, 2.24) is 5.48 Å². The second-order valence-corrected chi connectivity index (χ2v) is 4.40. The minimum Gasteiger partial charge on any atom is -0.366 e. The number of nitrogens with two attached hydrogens (primary N) is 1. The minimum absolute atomic E-state index is 0.219. The first-order valence-corrected chi connectivity index (χ1v) is 6.03. The molecule has 0 radical (unpaired) electrons. The molecule has 4 nitrogen and oxygen atoms in total. The maximum absolute atomic E-state index is 10.9. The summed E-state index contributed by atoms with van der Waals surface area (Å²) in [7, 11) is 0. The molecule has 1 atom stereocenters. The average Bonchev–Trinajstić information content (AvgIpc) is 2.58. The van der Waals surface area contributed by atoms with E-state index in [1.807, 2.05) is 12.1 Å². The molecule has 1 aromatic rings. The SMILES string of the molecule is NC(=O)c1ccc(CC2CCCCNO2)cc1. The molecule has 1 aliphatic rings. The van der Waals surface area contributed by atoms with Crippen LogP contribution in [0.3, 0.4) is 0 Å². The van der Waals surface area contributed by atoms with Crippen LogP contribution in [-0.4, -0.2) is 18.6 Å². The Hall–Kier alpha value is -1.39. The van der Waals surface area contributed by atoms with Crippen LogP contribution >= 0.6 is 0 Å². The minimum atomic E-state index is -0.385. The van der Waals surface area contributed by atoms with Crippen LogP contribution in [0.15, 0.2) is 24.3 Å². The molecular weight excluding hydrogens is 216 g/mol. The first-order valence-electron chi connectivity index (χ1n) is 6.03. The molecule has 0 aromatic heterocycles. The Morgan fingerprint density at radius 3 is 2.82 bits per heavy atom. The molecule has 1 aliphatic heterocycles. The number of hydrogen-bond donors (Lipinski definition) is 2. The Kier molecular flexibility index (Phi) is 4.12. The fourth-order valence-corrected chi connectivity index (χ4v) is 2.02. The van der Waals surface area contributed by atoms with Crippen molar-refractivity contribution >= 4 is 5.91 Å². The van der Waals surface area contributed by atoms with E-state index in [0.29, 0.717) is 5.56 Å². The van der Waals surface area contributed by atoms with E-state index in [9.17, 15) is 4.79 Å². The van der Waals surface area contributed by atoms with Gasteiger partial charge in [-0.3, -0.25) is 9.63 Å². The smallest absolute Gasteiger partial charge is 0.248 e. The number of carbonyl (C=O) groups is 1. The molecular formula is C13H18N2O2. The standard InChI is InChI=1S/C13H18N2O2/c14-13(16)11-6-4-10(5-7-11)9-12-3-1-2-8-15-17-12/h4-7,12,15H,1-3,8-9H2,(H2,14,16). The van der Waals surface area contributed by atoms with Gasteiger partial charge in [-0.15, -0.1) is 0 Å². The van der Waals surface area contributed by atoms with Crippen LogP contribution < -0.4 is 11.2 Å². The maximum Gasteiger partial charge on any atom is 0.248 e. The second-order valence-electron chi connectivity index (χ2n) is 4.40. The Morgan fingerprint density at radius 1 is 1.35 bits per heavy atom. The van der Waals surface area contributed by atoms with Gasteiger partial charge in [0.05, 0.1) is 6.10 Å². The van der Waals surface area contributed by atoms with Gasteiger partial charge in [0, 0.05) is 18.5 Å². The van der Waals surface area contributed by atoms with Crippen molar-refractivity contribution in [2.24, 2.45) is 5.73 Å². The van der Waals surface area contributed by atoms with Gasteiger partial charge in [0.2, 0.25) is 5.91 Å². The molecule has 0 aliphatic carbocycles. The molecule has 0 saturated carbocycles. The van der Waals surface area contributed by atoms with Crippen molar-refractivity contribution in [2.75, 3.05) is 6.54 Å². The summed E-state index contributed by atoms with van der Waals surface area (Å²) in [5.74, 6) is -0.385. The maximum atomic E-state index is 10.9. The first-order chi connectivity index (χ1) is 8.25. The fraction of sp³-hybridized carbons (Fsp3) is 0.462. The van der Waals surface area contributed by atoms with Crippen LogP contribution in [0.5, 0.6) is 0 Å². The van der Waals surface area contributed by atoms with Gasteiger partial charge in [0.15, 0.2) is 0 Å². The predicted molar refractivity (Wildman–Crippen MR) is 65.4 cm³/mol. The van der Waals surface area contributed by atoms with Crippen molar-refractivity contribution in [3.63, 3.8) is 0 Å². The Balaban J connectivity index is 1.95. The van der Waals surface area contributed by atoms with E-state index in [4.69, 9.17) is 10.6 Å². The van der Waals surface area contributed by atoms with Crippen LogP contribution in [-0.2, 0) is 11.3 Å². The number of hydrogen-bond acceptors (Lipinski definition) is 3. The Bertz CT molecular complexity index is 368. The summed E-state index contributed by atoms with van der Waals surface area (Å²) in [6.07, 6.45) is 4.52. The van der Waals surface area contributed by atoms with Crippen molar-refractivity contribution in [3.05, 3.63) is 35.4 Å². The normalized spacial score (nSPS) is 20.8. The zero-order valence-electron chi connectivity index (χ0n) is 9.82. The van der Waals surface area contributed by atoms with Gasteiger partial charge in [-0.25, -0.2) is 5.48 Å². The van der Waals surface area contributed by atoms with Gasteiger partial charge >= 0.3 is 0 Å². The lowest BCUT2D eigenvalue weighted by atomic mass is 10.0. The van der Waals surface area contributed by atoms with E-state index >= 15 is 0 Å². The Labute approximate surface area is 101 Å². The van der Waals surface area contributed by atoms with Gasteiger partial charge in [-0.05, 0) is 37.0 Å². The molecule has 1 unspecified atom stereocenters. The van der Waals surface area contributed by atoms with E-state index in [1.165, 1.54) is 12.0 Å². The number of carbonyl (C=O) groups excluding carboxylic acids is 1. The zero-order valence-corrected chi connectivity index (χ0v) is 9.82. The summed E-state index contributed by atoms with van der Waals surface area (Å²) < 4.78 is 0. The van der Waals surface area contributed by atoms with Crippen molar-refractivity contribution in [2.45, 2.75) is 31.8 Å². The van der Waals surface area contributed by atoms with E-state index in [0.717, 1.165) is 25.8 Å². The molecule has 4 heteroatoms. The third-order valence-electron chi connectivity index (χ3n) is 3.01. The van der Waals surface area contributed by atoms with Crippen LogP contribution in [0.1, 0.15) is 35.2 Å². The summed E-state index contributed by atoms with van der Waals surface area (Å²) in [5, 5.41) is 0. The molecule has 3 N–H and O–H groups in total. The van der Waals surface area contributed by atoms with E-state index in [1.54, 1.807) is 12.1 Å². The lowest BCUT2D eigenvalue weighted by Crippen LogP contribution is -2.23. The van der Waals surface area contributed by atoms with E-state index in [-0.39, 0.29) is 12.0 Å². The second kappa shape index (κ2) is 5.80. The molecule has 0 spiro atoms. The molecule has 1 aromatic carbocycles. The summed E-state index contributed by atoms with van der Waals surface area (Å²) in [6, 6.07) is 7.41. The summed E-state index contributed by atoms with van der Waals surface area (Å²) >= 11 is 0. The van der Waals surface area contributed by atoms with Crippen molar-refractivity contribution < 1.29 is 9.63 Å². The first kappa shape index (κ1) is 12.1. The highest BCUT2D eigenvalue weighted by Gasteiger charge is 2.13. The topological polar surface area (TPSA) is 64.4 Å². The summed E-state index contributed by atoms with van der Waals surface area (Å²) in [6.45, 7) is 0.928. The summed E-state index contributed by atoms with van der Waals surface area (Å²) in [4.78, 5) is 16.5. The molecule has 17 heavy (non-hydrogen) atoms. The third-order valence-corrected chi connectivity index (χ3v) is 3.01. The largest absolute Gasteiger partial charge is 0.366 e. The molecule has 1 fully saturated rings. The Morgan fingerprint density at radius 2 is 2.12 bits per heavy atom. The van der Waals surface area contributed by atoms with Crippen LogP contribution in [0.2, 0.25) is 0 Å². The van der Waals surface area contributed by atoms with Gasteiger partial charge in [0.1, 0.15) is 0 Å². The number of benzene rings is 1. The number of hydroxylamine groups is 1. The number of amides is 1. The molecule has 2 rings (SSSR count). The molecule has 1 amide bonds. The monoisotopic (exact) mass is 234 g/mol. The number of rotatable bonds is 3. The number of nitrogens with one attached hydrogen (secondary N) is 1.